The van der Waals surface area contributed by atoms with Gasteiger partial charge in [0.2, 0.25) is 0 Å². The number of nitrogens with one attached hydrogen (secondary N) is 1. The summed E-state index contributed by atoms with van der Waals surface area (Å²) in [6, 6.07) is 0.745. The molecule has 0 aromatic carbocycles. The molecule has 4 nitrogen and oxygen atoms in total. The van der Waals surface area contributed by atoms with Crippen LogP contribution in [0.1, 0.15) is 36.7 Å². The van der Waals surface area contributed by atoms with Crippen molar-refractivity contribution in [2.45, 2.75) is 58.8 Å². The first kappa shape index (κ1) is 12.6. The highest BCUT2D eigenvalue weighted by molar-refractivity contribution is 5.24. The Morgan fingerprint density at radius 3 is 2.76 bits per heavy atom. The molecule has 1 atom stereocenters. The second-order valence-corrected chi connectivity index (χ2v) is 5.03. The zero-order chi connectivity index (χ0) is 12.4. The highest BCUT2D eigenvalue weighted by Gasteiger charge is 2.21. The van der Waals surface area contributed by atoms with E-state index < -0.39 is 0 Å². The van der Waals surface area contributed by atoms with E-state index in [1.165, 1.54) is 24.1 Å². The minimum atomic E-state index is 0.206. The summed E-state index contributed by atoms with van der Waals surface area (Å²) in [5.74, 6) is 0. The minimum absolute atomic E-state index is 0.206. The highest BCUT2D eigenvalue weighted by atomic mass is 16.5. The van der Waals surface area contributed by atoms with Crippen molar-refractivity contribution in [3.8, 4) is 0 Å². The van der Waals surface area contributed by atoms with Gasteiger partial charge < -0.3 is 10.1 Å². The Morgan fingerprint density at radius 1 is 1.47 bits per heavy atom. The molecule has 1 unspecified atom stereocenters. The Labute approximate surface area is 103 Å². The third kappa shape index (κ3) is 3.07. The van der Waals surface area contributed by atoms with Crippen LogP contribution in [0.15, 0.2) is 0 Å². The molecule has 1 aromatic rings. The molecule has 1 N–H and O–H groups in total. The molecule has 1 heterocycles. The van der Waals surface area contributed by atoms with Gasteiger partial charge in [0, 0.05) is 31.0 Å². The predicted molar refractivity (Wildman–Crippen MR) is 68.0 cm³/mol. The standard InChI is InChI=1S/C13H23N3O/c1-9(17-4)8-16-11(3)13(10(2)15-16)7-14-12-5-6-12/h9,12,14H,5-8H2,1-4H3. The number of aromatic nitrogens is 2. The molecule has 1 fully saturated rings. The van der Waals surface area contributed by atoms with E-state index in [1.807, 2.05) is 0 Å². The Kier molecular flexibility index (Phi) is 3.84. The number of hydrogen-bond donors (Lipinski definition) is 1. The Morgan fingerprint density at radius 2 is 2.18 bits per heavy atom. The lowest BCUT2D eigenvalue weighted by molar-refractivity contribution is 0.0991. The highest BCUT2D eigenvalue weighted by Crippen LogP contribution is 2.21. The minimum Gasteiger partial charge on any atom is -0.380 e. The van der Waals surface area contributed by atoms with Crippen LogP contribution in [0.3, 0.4) is 0 Å². The van der Waals surface area contributed by atoms with E-state index in [1.54, 1.807) is 7.11 Å². The molecule has 0 radical (unpaired) electrons. The van der Waals surface area contributed by atoms with Gasteiger partial charge in [0.05, 0.1) is 18.3 Å². The lowest BCUT2D eigenvalue weighted by atomic mass is 10.2. The van der Waals surface area contributed by atoms with Gasteiger partial charge >= 0.3 is 0 Å². The molecule has 0 aliphatic heterocycles. The van der Waals surface area contributed by atoms with Crippen molar-refractivity contribution >= 4 is 0 Å². The van der Waals surface area contributed by atoms with Crippen LogP contribution in [0, 0.1) is 13.8 Å². The van der Waals surface area contributed by atoms with Crippen molar-refractivity contribution in [3.05, 3.63) is 17.0 Å². The first-order valence-corrected chi connectivity index (χ1v) is 6.41. The fraction of sp³-hybridized carbons (Fsp3) is 0.769. The zero-order valence-electron chi connectivity index (χ0n) is 11.3. The molecule has 2 rings (SSSR count). The Bertz CT molecular complexity index is 382. The van der Waals surface area contributed by atoms with Crippen molar-refractivity contribution < 1.29 is 4.74 Å². The van der Waals surface area contributed by atoms with Crippen LogP contribution < -0.4 is 5.32 Å². The number of ether oxygens (including phenoxy) is 1. The summed E-state index contributed by atoms with van der Waals surface area (Å²) in [5, 5.41) is 8.14. The molecule has 17 heavy (non-hydrogen) atoms. The fourth-order valence-corrected chi connectivity index (χ4v) is 2.02. The van der Waals surface area contributed by atoms with Crippen molar-refractivity contribution in [2.24, 2.45) is 0 Å². The molecule has 0 bridgehead atoms. The van der Waals surface area contributed by atoms with Crippen LogP contribution >= 0.6 is 0 Å². The third-order valence-corrected chi connectivity index (χ3v) is 3.51. The van der Waals surface area contributed by atoms with E-state index in [2.05, 4.69) is 35.9 Å². The number of methoxy groups -OCH3 is 1. The molecule has 1 aliphatic carbocycles. The monoisotopic (exact) mass is 237 g/mol. The number of nitrogens with zero attached hydrogens (tertiary/aromatic N) is 2. The Balaban J connectivity index is 2.04. The maximum atomic E-state index is 5.29. The molecule has 96 valence electrons. The second kappa shape index (κ2) is 5.19. The number of rotatable bonds is 6. The Hall–Kier alpha value is -0.870. The molecule has 0 amide bonds. The SMILES string of the molecule is COC(C)Cn1nc(C)c(CNC2CC2)c1C. The van der Waals surface area contributed by atoms with Crippen LogP contribution in [-0.4, -0.2) is 29.0 Å². The number of hydrogen-bond acceptors (Lipinski definition) is 3. The molecule has 0 spiro atoms. The van der Waals surface area contributed by atoms with Crippen LogP contribution in [0.5, 0.6) is 0 Å². The van der Waals surface area contributed by atoms with E-state index in [-0.39, 0.29) is 6.10 Å². The van der Waals surface area contributed by atoms with Gasteiger partial charge in [0.25, 0.3) is 0 Å². The zero-order valence-corrected chi connectivity index (χ0v) is 11.3. The summed E-state index contributed by atoms with van der Waals surface area (Å²) in [6.45, 7) is 8.08. The lowest BCUT2D eigenvalue weighted by Crippen LogP contribution is -2.18. The van der Waals surface area contributed by atoms with Crippen molar-refractivity contribution in [3.63, 3.8) is 0 Å². The predicted octanol–water partition coefficient (Wildman–Crippen LogP) is 1.79. The van der Waals surface area contributed by atoms with E-state index in [9.17, 15) is 0 Å². The molecule has 1 aliphatic rings. The van der Waals surface area contributed by atoms with Gasteiger partial charge in [-0.15, -0.1) is 0 Å². The van der Waals surface area contributed by atoms with E-state index in [0.717, 1.165) is 24.8 Å². The van der Waals surface area contributed by atoms with Gasteiger partial charge in [-0.1, -0.05) is 0 Å². The lowest BCUT2D eigenvalue weighted by Gasteiger charge is -2.11. The summed E-state index contributed by atoms with van der Waals surface area (Å²) >= 11 is 0. The van der Waals surface area contributed by atoms with Crippen LogP contribution in [0.4, 0.5) is 0 Å². The average molecular weight is 237 g/mol. The van der Waals surface area contributed by atoms with Crippen molar-refractivity contribution in [1.29, 1.82) is 0 Å². The second-order valence-electron chi connectivity index (χ2n) is 5.03. The first-order valence-electron chi connectivity index (χ1n) is 6.41. The smallest absolute Gasteiger partial charge is 0.0739 e. The van der Waals surface area contributed by atoms with Gasteiger partial charge in [0.1, 0.15) is 0 Å². The maximum absolute atomic E-state index is 5.29. The van der Waals surface area contributed by atoms with E-state index >= 15 is 0 Å². The molecule has 1 saturated carbocycles. The number of aryl methyl sites for hydroxylation is 1. The summed E-state index contributed by atoms with van der Waals surface area (Å²) in [4.78, 5) is 0. The largest absolute Gasteiger partial charge is 0.380 e. The fourth-order valence-electron chi connectivity index (χ4n) is 2.02. The molecule has 4 heteroatoms. The van der Waals surface area contributed by atoms with Crippen LogP contribution in [0.25, 0.3) is 0 Å². The summed E-state index contributed by atoms with van der Waals surface area (Å²) in [5.41, 5.74) is 3.75. The molecular formula is C13H23N3O. The summed E-state index contributed by atoms with van der Waals surface area (Å²) < 4.78 is 7.35. The molecular weight excluding hydrogens is 214 g/mol. The molecule has 1 aromatic heterocycles. The molecule has 0 saturated heterocycles. The van der Waals surface area contributed by atoms with Crippen molar-refractivity contribution in [2.75, 3.05) is 7.11 Å². The van der Waals surface area contributed by atoms with Crippen molar-refractivity contribution in [1.82, 2.24) is 15.1 Å². The van der Waals surface area contributed by atoms with Gasteiger partial charge in [0.15, 0.2) is 0 Å². The normalized spacial score (nSPS) is 17.4. The third-order valence-electron chi connectivity index (χ3n) is 3.51. The summed E-state index contributed by atoms with van der Waals surface area (Å²) in [7, 11) is 1.74. The average Bonchev–Trinajstić information content (AvgIpc) is 3.07. The van der Waals surface area contributed by atoms with Gasteiger partial charge in [-0.2, -0.15) is 5.10 Å². The summed E-state index contributed by atoms with van der Waals surface area (Å²) in [6.07, 6.45) is 2.86. The van der Waals surface area contributed by atoms with Crippen LogP contribution in [-0.2, 0) is 17.8 Å². The maximum Gasteiger partial charge on any atom is 0.0739 e. The first-order chi connectivity index (χ1) is 8.11. The van der Waals surface area contributed by atoms with Crippen LogP contribution in [0.2, 0.25) is 0 Å². The quantitative estimate of drug-likeness (QED) is 0.820. The van der Waals surface area contributed by atoms with E-state index in [4.69, 9.17) is 4.74 Å². The van der Waals surface area contributed by atoms with E-state index in [0.29, 0.717) is 0 Å². The van der Waals surface area contributed by atoms with Gasteiger partial charge in [-0.25, -0.2) is 0 Å². The van der Waals surface area contributed by atoms with Gasteiger partial charge in [-0.05, 0) is 33.6 Å². The van der Waals surface area contributed by atoms with Gasteiger partial charge in [-0.3, -0.25) is 4.68 Å². The topological polar surface area (TPSA) is 39.1 Å².